The summed E-state index contributed by atoms with van der Waals surface area (Å²) in [5.74, 6) is -0.482. The van der Waals surface area contributed by atoms with Gasteiger partial charge >= 0.3 is 16.4 Å². The number of amides is 3. The van der Waals surface area contributed by atoms with Gasteiger partial charge in [0.1, 0.15) is 6.04 Å². The third-order valence-electron chi connectivity index (χ3n) is 4.38. The van der Waals surface area contributed by atoms with Gasteiger partial charge in [0.25, 0.3) is 5.91 Å². The Morgan fingerprint density at radius 2 is 2.16 bits per heavy atom. The van der Waals surface area contributed by atoms with E-state index in [2.05, 4.69) is 20.4 Å². The fourth-order valence-electron chi connectivity index (χ4n) is 3.22. The zero-order chi connectivity index (χ0) is 18.0. The molecule has 0 radical (unpaired) electrons. The first-order valence-corrected chi connectivity index (χ1v) is 9.34. The molecule has 142 valence electrons. The van der Waals surface area contributed by atoms with E-state index >= 15 is 0 Å². The largest absolute Gasteiger partial charge is 0.418 e. The summed E-state index contributed by atoms with van der Waals surface area (Å²) in [6, 6.07) is -2.01. The van der Waals surface area contributed by atoms with Crippen molar-refractivity contribution in [2.24, 2.45) is 0 Å². The molecule has 2 bridgehead atoms. The van der Waals surface area contributed by atoms with Gasteiger partial charge in [0, 0.05) is 32.2 Å². The van der Waals surface area contributed by atoms with E-state index in [4.69, 9.17) is 9.39 Å². The second-order valence-corrected chi connectivity index (χ2v) is 7.15. The first-order valence-electron chi connectivity index (χ1n) is 7.98. The van der Waals surface area contributed by atoms with Crippen molar-refractivity contribution in [3.8, 4) is 0 Å². The highest BCUT2D eigenvalue weighted by Gasteiger charge is 2.49. The third-order valence-corrected chi connectivity index (χ3v) is 4.73. The highest BCUT2D eigenvalue weighted by molar-refractivity contribution is 7.80. The number of carbonyl (C=O) groups is 2. The Morgan fingerprint density at radius 1 is 1.36 bits per heavy atom. The van der Waals surface area contributed by atoms with Gasteiger partial charge in [-0.15, -0.1) is 4.28 Å². The van der Waals surface area contributed by atoms with E-state index in [1.54, 1.807) is 0 Å². The Morgan fingerprint density at radius 3 is 2.84 bits per heavy atom. The minimum atomic E-state index is -4.80. The van der Waals surface area contributed by atoms with Gasteiger partial charge < -0.3 is 15.5 Å². The minimum Gasteiger partial charge on any atom is -0.314 e. The monoisotopic (exact) mass is 379 g/mol. The number of hydrogen-bond acceptors (Lipinski definition) is 8. The van der Waals surface area contributed by atoms with Crippen LogP contribution in [0.15, 0.2) is 0 Å². The molecule has 3 rings (SSSR count). The van der Waals surface area contributed by atoms with Crippen molar-refractivity contribution in [1.29, 1.82) is 0 Å². The first-order chi connectivity index (χ1) is 11.8. The van der Waals surface area contributed by atoms with E-state index in [1.807, 2.05) is 0 Å². The molecule has 13 heteroatoms. The molecule has 3 amide bonds. The number of nitrogens with zero attached hydrogens (tertiary/aromatic N) is 2. The number of hydroxylamine groups is 3. The predicted octanol–water partition coefficient (Wildman–Crippen LogP) is -2.40. The van der Waals surface area contributed by atoms with Gasteiger partial charge in [-0.2, -0.15) is 13.5 Å². The van der Waals surface area contributed by atoms with E-state index in [0.29, 0.717) is 17.9 Å². The molecule has 0 spiro atoms. The Balaban J connectivity index is 1.51. The number of rotatable bonds is 6. The Labute approximate surface area is 144 Å². The van der Waals surface area contributed by atoms with Gasteiger partial charge in [-0.25, -0.2) is 10.3 Å². The maximum atomic E-state index is 12.3. The average molecular weight is 379 g/mol. The number of piperazine rings is 1. The molecule has 0 aromatic carbocycles. The standard InChI is InChI=1S/C12H21N5O7S/c18-11(15-23-7-8-5-13-3-4-14-8)10-2-1-9-6-16(10)12(19)17(9)24-25(20,21)22/h8-10,13-14H,1-7H2,(H,15,18)(H,20,21,22)/t8?,9-,10+/m1/s1. The van der Waals surface area contributed by atoms with Crippen molar-refractivity contribution < 1.29 is 31.7 Å². The lowest BCUT2D eigenvalue weighted by Gasteiger charge is -2.29. The number of urea groups is 1. The topological polar surface area (TPSA) is 150 Å². The number of nitrogens with one attached hydrogen (secondary N) is 3. The van der Waals surface area contributed by atoms with Crippen LogP contribution in [-0.2, 0) is 24.3 Å². The summed E-state index contributed by atoms with van der Waals surface area (Å²) in [5.41, 5.74) is 2.34. The highest BCUT2D eigenvalue weighted by atomic mass is 32.3. The van der Waals surface area contributed by atoms with Gasteiger partial charge in [-0.3, -0.25) is 14.2 Å². The first kappa shape index (κ1) is 18.3. The van der Waals surface area contributed by atoms with Crippen molar-refractivity contribution in [2.45, 2.75) is 31.0 Å². The van der Waals surface area contributed by atoms with E-state index < -0.39 is 34.4 Å². The van der Waals surface area contributed by atoms with Crippen LogP contribution >= 0.6 is 0 Å². The average Bonchev–Trinajstić information content (AvgIpc) is 2.79. The summed E-state index contributed by atoms with van der Waals surface area (Å²) < 4.78 is 34.7. The number of carbonyl (C=O) groups excluding carboxylic acids is 2. The van der Waals surface area contributed by atoms with E-state index in [1.165, 1.54) is 4.90 Å². The second-order valence-electron chi connectivity index (χ2n) is 6.14. The van der Waals surface area contributed by atoms with Crippen LogP contribution in [0, 0.1) is 0 Å². The Bertz CT molecular complexity index is 623. The van der Waals surface area contributed by atoms with Crippen LogP contribution in [0.3, 0.4) is 0 Å². The maximum absolute atomic E-state index is 12.3. The number of hydrogen-bond donors (Lipinski definition) is 4. The number of piperidine rings is 1. The van der Waals surface area contributed by atoms with Crippen LogP contribution in [0.4, 0.5) is 4.79 Å². The molecular weight excluding hydrogens is 358 g/mol. The molecule has 12 nitrogen and oxygen atoms in total. The summed E-state index contributed by atoms with van der Waals surface area (Å²) in [6.07, 6.45) is 0.699. The summed E-state index contributed by atoms with van der Waals surface area (Å²) in [7, 11) is -4.80. The van der Waals surface area contributed by atoms with Gasteiger partial charge in [0.05, 0.1) is 12.6 Å². The van der Waals surface area contributed by atoms with Gasteiger partial charge in [0.15, 0.2) is 0 Å². The number of fused-ring (bicyclic) bond motifs is 2. The van der Waals surface area contributed by atoms with Crippen LogP contribution in [0.5, 0.6) is 0 Å². The molecule has 0 saturated carbocycles. The molecule has 25 heavy (non-hydrogen) atoms. The van der Waals surface area contributed by atoms with Crippen LogP contribution in [0.25, 0.3) is 0 Å². The van der Waals surface area contributed by atoms with E-state index in [0.717, 1.165) is 19.6 Å². The lowest BCUT2D eigenvalue weighted by molar-refractivity contribution is -0.139. The van der Waals surface area contributed by atoms with Crippen LogP contribution < -0.4 is 16.1 Å². The van der Waals surface area contributed by atoms with Crippen LogP contribution in [0.2, 0.25) is 0 Å². The molecule has 1 unspecified atom stereocenters. The second kappa shape index (κ2) is 7.39. The highest BCUT2D eigenvalue weighted by Crippen LogP contribution is 2.30. The SMILES string of the molecule is O=C(NOCC1CNCCN1)[C@@H]1CC[C@@H]2CN1C(=O)N2OS(=O)(=O)O. The predicted molar refractivity (Wildman–Crippen MR) is 82.1 cm³/mol. The Kier molecular flexibility index (Phi) is 5.41. The van der Waals surface area contributed by atoms with Crippen molar-refractivity contribution in [1.82, 2.24) is 26.1 Å². The molecule has 3 saturated heterocycles. The van der Waals surface area contributed by atoms with Gasteiger partial charge in [-0.1, -0.05) is 0 Å². The smallest absolute Gasteiger partial charge is 0.314 e. The molecule has 3 aliphatic heterocycles. The van der Waals surface area contributed by atoms with Crippen LogP contribution in [0.1, 0.15) is 12.8 Å². The normalized spacial score (nSPS) is 29.8. The molecule has 3 aliphatic rings. The van der Waals surface area contributed by atoms with E-state index in [9.17, 15) is 18.0 Å². The molecule has 3 atom stereocenters. The molecular formula is C12H21N5O7S. The zero-order valence-corrected chi connectivity index (χ0v) is 14.2. The third kappa shape index (κ3) is 4.37. The fraction of sp³-hybridized carbons (Fsp3) is 0.833. The lowest BCUT2D eigenvalue weighted by atomic mass is 10.0. The van der Waals surface area contributed by atoms with Crippen molar-refractivity contribution in [3.05, 3.63) is 0 Å². The molecule has 4 N–H and O–H groups in total. The van der Waals surface area contributed by atoms with Gasteiger partial charge in [0.2, 0.25) is 0 Å². The molecule has 0 aliphatic carbocycles. The lowest BCUT2D eigenvalue weighted by Crippen LogP contribution is -2.53. The minimum absolute atomic E-state index is 0.0804. The van der Waals surface area contributed by atoms with Gasteiger partial charge in [-0.05, 0) is 12.8 Å². The zero-order valence-electron chi connectivity index (χ0n) is 13.4. The summed E-state index contributed by atoms with van der Waals surface area (Å²) in [6.45, 7) is 2.84. The molecule has 3 fully saturated rings. The molecule has 0 aromatic heterocycles. The van der Waals surface area contributed by atoms with Crippen molar-refractivity contribution in [2.75, 3.05) is 32.8 Å². The summed E-state index contributed by atoms with van der Waals surface area (Å²) >= 11 is 0. The molecule has 3 heterocycles. The summed E-state index contributed by atoms with van der Waals surface area (Å²) in [5, 5.41) is 7.02. The van der Waals surface area contributed by atoms with Crippen molar-refractivity contribution in [3.63, 3.8) is 0 Å². The maximum Gasteiger partial charge on any atom is 0.418 e. The summed E-state index contributed by atoms with van der Waals surface area (Å²) in [4.78, 5) is 30.9. The van der Waals surface area contributed by atoms with E-state index in [-0.39, 0.29) is 19.2 Å². The van der Waals surface area contributed by atoms with Crippen LogP contribution in [-0.4, -0.2) is 85.8 Å². The quantitative estimate of drug-likeness (QED) is 0.292. The fourth-order valence-corrected chi connectivity index (χ4v) is 3.60. The molecule has 0 aromatic rings. The Hall–Kier alpha value is -1.51. The van der Waals surface area contributed by atoms with Crippen molar-refractivity contribution >= 4 is 22.3 Å².